The number of amides is 2. The van der Waals surface area contributed by atoms with E-state index in [1.807, 2.05) is 6.07 Å². The van der Waals surface area contributed by atoms with Crippen LogP contribution in [-0.2, 0) is 9.53 Å². The van der Waals surface area contributed by atoms with Gasteiger partial charge >= 0.3 is 0 Å². The molecule has 3 heterocycles. The highest BCUT2D eigenvalue weighted by molar-refractivity contribution is 7.18. The molecule has 2 aromatic rings. The van der Waals surface area contributed by atoms with Gasteiger partial charge in [-0.3, -0.25) is 14.5 Å². The summed E-state index contributed by atoms with van der Waals surface area (Å²) in [4.78, 5) is 27.7. The molecule has 0 saturated carbocycles. The first-order valence-corrected chi connectivity index (χ1v) is 9.84. The maximum Gasteiger partial charge on any atom is 0.261 e. The smallest absolute Gasteiger partial charge is 0.261 e. The SMILES string of the molecule is CC(=O)Nc1ccc(C(=O)NCC(c2cccs2)N2CCOCC2)s1. The van der Waals surface area contributed by atoms with E-state index in [4.69, 9.17) is 4.74 Å². The number of hydrogen-bond donors (Lipinski definition) is 2. The second-order valence-corrected chi connectivity index (χ2v) is 7.80. The molecule has 2 N–H and O–H groups in total. The Balaban J connectivity index is 1.63. The summed E-state index contributed by atoms with van der Waals surface area (Å²) < 4.78 is 5.44. The van der Waals surface area contributed by atoms with Crippen molar-refractivity contribution in [1.29, 1.82) is 0 Å². The summed E-state index contributed by atoms with van der Waals surface area (Å²) in [5.41, 5.74) is 0. The van der Waals surface area contributed by atoms with Gasteiger partial charge in [0.15, 0.2) is 0 Å². The van der Waals surface area contributed by atoms with Gasteiger partial charge in [0.2, 0.25) is 5.91 Å². The van der Waals surface area contributed by atoms with E-state index in [9.17, 15) is 9.59 Å². The van der Waals surface area contributed by atoms with Gasteiger partial charge in [-0.25, -0.2) is 0 Å². The number of anilines is 1. The van der Waals surface area contributed by atoms with Gasteiger partial charge in [-0.15, -0.1) is 22.7 Å². The monoisotopic (exact) mass is 379 g/mol. The number of hydrogen-bond acceptors (Lipinski definition) is 6. The van der Waals surface area contributed by atoms with E-state index in [0.717, 1.165) is 26.3 Å². The third kappa shape index (κ3) is 4.88. The van der Waals surface area contributed by atoms with Crippen molar-refractivity contribution >= 4 is 39.5 Å². The molecule has 0 bridgehead atoms. The molecular weight excluding hydrogens is 358 g/mol. The fraction of sp³-hybridized carbons (Fsp3) is 0.412. The van der Waals surface area contributed by atoms with E-state index in [0.29, 0.717) is 16.4 Å². The fourth-order valence-corrected chi connectivity index (χ4v) is 4.49. The van der Waals surface area contributed by atoms with E-state index in [2.05, 4.69) is 27.0 Å². The molecule has 2 aromatic heterocycles. The first-order valence-electron chi connectivity index (χ1n) is 8.14. The maximum absolute atomic E-state index is 12.4. The minimum absolute atomic E-state index is 0.114. The van der Waals surface area contributed by atoms with Crippen molar-refractivity contribution in [1.82, 2.24) is 10.2 Å². The van der Waals surface area contributed by atoms with Crippen molar-refractivity contribution in [2.45, 2.75) is 13.0 Å². The molecule has 3 rings (SSSR count). The summed E-state index contributed by atoms with van der Waals surface area (Å²) in [7, 11) is 0. The van der Waals surface area contributed by atoms with Crippen molar-refractivity contribution in [3.8, 4) is 0 Å². The Labute approximate surface area is 154 Å². The molecule has 1 aliphatic heterocycles. The molecule has 1 aliphatic rings. The molecule has 6 nitrogen and oxygen atoms in total. The highest BCUT2D eigenvalue weighted by Gasteiger charge is 2.24. The molecule has 1 saturated heterocycles. The molecule has 1 unspecified atom stereocenters. The number of carbonyl (C=O) groups excluding carboxylic acids is 2. The molecule has 1 fully saturated rings. The topological polar surface area (TPSA) is 70.7 Å². The fourth-order valence-electron chi connectivity index (χ4n) is 2.76. The van der Waals surface area contributed by atoms with Crippen molar-refractivity contribution in [2.75, 3.05) is 38.2 Å². The molecule has 2 amide bonds. The highest BCUT2D eigenvalue weighted by atomic mass is 32.1. The number of carbonyl (C=O) groups is 2. The van der Waals surface area contributed by atoms with Gasteiger partial charge in [0, 0.05) is 31.4 Å². The minimum atomic E-state index is -0.140. The predicted molar refractivity (Wildman–Crippen MR) is 100 cm³/mol. The van der Waals surface area contributed by atoms with E-state index in [1.165, 1.54) is 23.1 Å². The Morgan fingerprint density at radius 3 is 2.76 bits per heavy atom. The maximum atomic E-state index is 12.4. The van der Waals surface area contributed by atoms with Crippen LogP contribution in [-0.4, -0.2) is 49.6 Å². The van der Waals surface area contributed by atoms with E-state index < -0.39 is 0 Å². The average Bonchev–Trinajstić information content (AvgIpc) is 3.27. The number of thiophene rings is 2. The average molecular weight is 380 g/mol. The Kier molecular flexibility index (Phi) is 6.19. The standard InChI is InChI=1S/C17H21N3O3S2/c1-12(21)19-16-5-4-15(25-16)17(22)18-11-13(14-3-2-10-24-14)20-6-8-23-9-7-20/h2-5,10,13H,6-9,11H2,1H3,(H,18,22)(H,19,21). The number of morpholine rings is 1. The van der Waals surface area contributed by atoms with Crippen LogP contribution in [0.15, 0.2) is 29.6 Å². The van der Waals surface area contributed by atoms with Crippen LogP contribution in [0.25, 0.3) is 0 Å². The summed E-state index contributed by atoms with van der Waals surface area (Å²) in [5.74, 6) is -0.254. The van der Waals surface area contributed by atoms with E-state index in [-0.39, 0.29) is 17.9 Å². The molecule has 1 atom stereocenters. The predicted octanol–water partition coefficient (Wildman–Crippen LogP) is 2.57. The lowest BCUT2D eigenvalue weighted by atomic mass is 10.2. The van der Waals surface area contributed by atoms with Crippen LogP contribution in [0.5, 0.6) is 0 Å². The van der Waals surface area contributed by atoms with Crippen LogP contribution in [0.3, 0.4) is 0 Å². The van der Waals surface area contributed by atoms with Crippen molar-refractivity contribution in [2.24, 2.45) is 0 Å². The molecule has 25 heavy (non-hydrogen) atoms. The van der Waals surface area contributed by atoms with Crippen LogP contribution in [0.2, 0.25) is 0 Å². The van der Waals surface area contributed by atoms with E-state index >= 15 is 0 Å². The zero-order valence-corrected chi connectivity index (χ0v) is 15.6. The summed E-state index contributed by atoms with van der Waals surface area (Å²) in [6.45, 7) is 5.18. The molecule has 0 spiro atoms. The largest absolute Gasteiger partial charge is 0.379 e. The molecule has 8 heteroatoms. The Bertz CT molecular complexity index is 709. The zero-order chi connectivity index (χ0) is 17.6. The number of nitrogens with one attached hydrogen (secondary N) is 2. The zero-order valence-electron chi connectivity index (χ0n) is 14.0. The van der Waals surface area contributed by atoms with Crippen molar-refractivity contribution in [3.63, 3.8) is 0 Å². The highest BCUT2D eigenvalue weighted by Crippen LogP contribution is 2.26. The minimum Gasteiger partial charge on any atom is -0.379 e. The molecular formula is C17H21N3O3S2. The van der Waals surface area contributed by atoms with Gasteiger partial charge in [0.05, 0.1) is 29.1 Å². The van der Waals surface area contributed by atoms with E-state index in [1.54, 1.807) is 23.5 Å². The summed E-state index contributed by atoms with van der Waals surface area (Å²) in [5, 5.41) is 8.47. The summed E-state index contributed by atoms with van der Waals surface area (Å²) in [6.07, 6.45) is 0. The lowest BCUT2D eigenvalue weighted by molar-refractivity contribution is -0.114. The van der Waals surface area contributed by atoms with Crippen LogP contribution in [0.4, 0.5) is 5.00 Å². The number of rotatable bonds is 6. The van der Waals surface area contributed by atoms with Gasteiger partial charge in [0.25, 0.3) is 5.91 Å². The first-order chi connectivity index (χ1) is 12.1. The van der Waals surface area contributed by atoms with Gasteiger partial charge in [0.1, 0.15) is 0 Å². The number of ether oxygens (including phenoxy) is 1. The molecule has 0 aliphatic carbocycles. The molecule has 134 valence electrons. The van der Waals surface area contributed by atoms with Crippen molar-refractivity contribution in [3.05, 3.63) is 39.4 Å². The van der Waals surface area contributed by atoms with Crippen LogP contribution in [0.1, 0.15) is 27.5 Å². The normalized spacial score (nSPS) is 16.4. The van der Waals surface area contributed by atoms with Gasteiger partial charge in [-0.1, -0.05) is 6.07 Å². The molecule has 0 aromatic carbocycles. The second kappa shape index (κ2) is 8.57. The lowest BCUT2D eigenvalue weighted by Crippen LogP contribution is -2.43. The number of nitrogens with zero attached hydrogens (tertiary/aromatic N) is 1. The first kappa shape index (κ1) is 18.1. The lowest BCUT2D eigenvalue weighted by Gasteiger charge is -2.34. The Hall–Kier alpha value is -1.74. The third-order valence-electron chi connectivity index (χ3n) is 3.94. The molecule has 0 radical (unpaired) electrons. The van der Waals surface area contributed by atoms with Crippen LogP contribution >= 0.6 is 22.7 Å². The second-order valence-electron chi connectivity index (χ2n) is 5.73. The van der Waals surface area contributed by atoms with Crippen molar-refractivity contribution < 1.29 is 14.3 Å². The van der Waals surface area contributed by atoms with Gasteiger partial charge < -0.3 is 15.4 Å². The van der Waals surface area contributed by atoms with Crippen LogP contribution < -0.4 is 10.6 Å². The summed E-state index contributed by atoms with van der Waals surface area (Å²) >= 11 is 2.98. The Morgan fingerprint density at radius 1 is 1.28 bits per heavy atom. The van der Waals surface area contributed by atoms with Gasteiger partial charge in [-0.2, -0.15) is 0 Å². The van der Waals surface area contributed by atoms with Gasteiger partial charge in [-0.05, 0) is 23.6 Å². The quantitative estimate of drug-likeness (QED) is 0.809. The summed E-state index contributed by atoms with van der Waals surface area (Å²) in [6, 6.07) is 7.79. The third-order valence-corrected chi connectivity index (χ3v) is 5.92. The van der Waals surface area contributed by atoms with Crippen LogP contribution in [0, 0.1) is 0 Å². The Morgan fingerprint density at radius 2 is 2.08 bits per heavy atom.